The van der Waals surface area contributed by atoms with Gasteiger partial charge >= 0.3 is 0 Å². The molecule has 0 aromatic rings. The molecule has 1 rings (SSSR count). The van der Waals surface area contributed by atoms with E-state index in [1.807, 2.05) is 11.9 Å². The van der Waals surface area contributed by atoms with E-state index >= 15 is 0 Å². The Balaban J connectivity index is 2.94. The Hall–Kier alpha value is -0.610. The van der Waals surface area contributed by atoms with Gasteiger partial charge in [0.05, 0.1) is 6.04 Å². The minimum Gasteiger partial charge on any atom is -0.337 e. The Bertz CT molecular complexity index is 274. The minimum absolute atomic E-state index is 0.0250. The van der Waals surface area contributed by atoms with Crippen molar-refractivity contribution in [1.29, 1.82) is 0 Å². The molecule has 0 spiro atoms. The molecule has 0 radical (unpaired) electrons. The Labute approximate surface area is 105 Å². The van der Waals surface area contributed by atoms with Crippen molar-refractivity contribution in [2.24, 2.45) is 5.73 Å². The maximum Gasteiger partial charge on any atom is 0.240 e. The van der Waals surface area contributed by atoms with Crippen LogP contribution in [0.4, 0.5) is 0 Å². The van der Waals surface area contributed by atoms with Crippen molar-refractivity contribution in [1.82, 2.24) is 9.80 Å². The van der Waals surface area contributed by atoms with E-state index in [9.17, 15) is 4.79 Å². The average molecular weight is 241 g/mol. The lowest BCUT2D eigenvalue weighted by atomic mass is 9.92. The van der Waals surface area contributed by atoms with E-state index < -0.39 is 0 Å². The van der Waals surface area contributed by atoms with Crippen LogP contribution in [0.15, 0.2) is 0 Å². The maximum atomic E-state index is 12.4. The average Bonchev–Trinajstić information content (AvgIpc) is 2.29. The van der Waals surface area contributed by atoms with Gasteiger partial charge in [-0.2, -0.15) is 0 Å². The Morgan fingerprint density at radius 3 is 2.59 bits per heavy atom. The van der Waals surface area contributed by atoms with E-state index in [2.05, 4.69) is 32.6 Å². The monoisotopic (exact) mass is 241 g/mol. The smallest absolute Gasteiger partial charge is 0.240 e. The first kappa shape index (κ1) is 14.5. The fourth-order valence-electron chi connectivity index (χ4n) is 2.45. The molecule has 1 aliphatic rings. The second kappa shape index (κ2) is 5.36. The molecule has 0 bridgehead atoms. The molecule has 0 aromatic heterocycles. The predicted molar refractivity (Wildman–Crippen MR) is 70.8 cm³/mol. The van der Waals surface area contributed by atoms with E-state index in [1.54, 1.807) is 0 Å². The summed E-state index contributed by atoms with van der Waals surface area (Å²) in [5, 5.41) is 0. The van der Waals surface area contributed by atoms with Gasteiger partial charge in [-0.15, -0.1) is 0 Å². The highest BCUT2D eigenvalue weighted by Gasteiger charge is 2.43. The van der Waals surface area contributed by atoms with Gasteiger partial charge in [-0.25, -0.2) is 0 Å². The molecule has 1 heterocycles. The zero-order valence-corrected chi connectivity index (χ0v) is 11.9. The number of carbonyl (C=O) groups is 1. The molecule has 4 heteroatoms. The summed E-state index contributed by atoms with van der Waals surface area (Å²) >= 11 is 0. The van der Waals surface area contributed by atoms with Gasteiger partial charge in [-0.05, 0) is 47.2 Å². The number of nitrogens with two attached hydrogens (primary N) is 1. The molecule has 2 unspecified atom stereocenters. The lowest BCUT2D eigenvalue weighted by molar-refractivity contribution is -0.151. The largest absolute Gasteiger partial charge is 0.337 e. The van der Waals surface area contributed by atoms with Gasteiger partial charge in [0, 0.05) is 18.1 Å². The number of amides is 1. The molecule has 4 nitrogen and oxygen atoms in total. The van der Waals surface area contributed by atoms with Crippen molar-refractivity contribution >= 4 is 5.91 Å². The first-order valence-corrected chi connectivity index (χ1v) is 6.58. The first-order valence-electron chi connectivity index (χ1n) is 6.58. The Morgan fingerprint density at radius 2 is 2.12 bits per heavy atom. The summed E-state index contributed by atoms with van der Waals surface area (Å²) in [6.45, 7) is 10.0. The summed E-state index contributed by atoms with van der Waals surface area (Å²) in [6.07, 6.45) is 1.74. The van der Waals surface area contributed by atoms with E-state index in [1.165, 1.54) is 0 Å². The third-order valence-electron chi connectivity index (χ3n) is 4.11. The van der Waals surface area contributed by atoms with E-state index in [0.29, 0.717) is 12.6 Å². The molecule has 1 amide bonds. The first-order chi connectivity index (χ1) is 7.85. The van der Waals surface area contributed by atoms with Crippen LogP contribution < -0.4 is 5.73 Å². The van der Waals surface area contributed by atoms with Crippen molar-refractivity contribution in [3.8, 4) is 0 Å². The fraction of sp³-hybridized carbons (Fsp3) is 0.923. The van der Waals surface area contributed by atoms with Gasteiger partial charge in [0.15, 0.2) is 0 Å². The number of hydrogen-bond acceptors (Lipinski definition) is 3. The normalized spacial score (nSPS) is 27.3. The Kier molecular flexibility index (Phi) is 4.55. The summed E-state index contributed by atoms with van der Waals surface area (Å²) < 4.78 is 0. The number of likely N-dealkylation sites (N-methyl/N-ethyl adjacent to an activating group) is 1. The number of carbonyl (C=O) groups excluding carboxylic acids is 1. The van der Waals surface area contributed by atoms with Crippen molar-refractivity contribution < 1.29 is 4.79 Å². The molecule has 1 saturated heterocycles. The lowest BCUT2D eigenvalue weighted by Crippen LogP contribution is -2.66. The third-order valence-corrected chi connectivity index (χ3v) is 4.11. The lowest BCUT2D eigenvalue weighted by Gasteiger charge is -2.51. The van der Waals surface area contributed by atoms with Crippen molar-refractivity contribution in [3.05, 3.63) is 0 Å². The Morgan fingerprint density at radius 1 is 1.53 bits per heavy atom. The molecular formula is C13H27N3O. The summed E-state index contributed by atoms with van der Waals surface area (Å²) in [5.41, 5.74) is 5.65. The summed E-state index contributed by atoms with van der Waals surface area (Å²) in [4.78, 5) is 16.7. The molecule has 100 valence electrons. The van der Waals surface area contributed by atoms with E-state index in [4.69, 9.17) is 5.73 Å². The molecule has 1 aliphatic heterocycles. The molecule has 2 atom stereocenters. The fourth-order valence-corrected chi connectivity index (χ4v) is 2.45. The zero-order chi connectivity index (χ0) is 13.2. The van der Waals surface area contributed by atoms with Crippen molar-refractivity contribution in [2.45, 2.75) is 58.2 Å². The van der Waals surface area contributed by atoms with Gasteiger partial charge in [0.25, 0.3) is 0 Å². The van der Waals surface area contributed by atoms with E-state index in [-0.39, 0.29) is 17.5 Å². The van der Waals surface area contributed by atoms with Crippen LogP contribution in [0.2, 0.25) is 0 Å². The van der Waals surface area contributed by atoms with Crippen LogP contribution in [-0.4, -0.2) is 53.5 Å². The molecule has 1 fully saturated rings. The summed E-state index contributed by atoms with van der Waals surface area (Å²) in [6, 6.07) is 0.258. The number of rotatable bonds is 4. The van der Waals surface area contributed by atoms with Crippen molar-refractivity contribution in [2.75, 3.05) is 20.1 Å². The highest BCUT2D eigenvalue weighted by atomic mass is 16.2. The van der Waals surface area contributed by atoms with Crippen molar-refractivity contribution in [3.63, 3.8) is 0 Å². The molecule has 17 heavy (non-hydrogen) atoms. The number of hydrogen-bond donors (Lipinski definition) is 1. The van der Waals surface area contributed by atoms with Gasteiger partial charge in [-0.3, -0.25) is 9.69 Å². The zero-order valence-electron chi connectivity index (χ0n) is 11.9. The standard InChI is InChI=1S/C13H27N3O/c1-6-10(2)16-9-13(3,4)15(5)11(7-8-14)12(16)17/h10-11H,6-9,14H2,1-5H3. The molecule has 2 N–H and O–H groups in total. The van der Waals surface area contributed by atoms with Crippen LogP contribution in [0, 0.1) is 0 Å². The van der Waals surface area contributed by atoms with Gasteiger partial charge < -0.3 is 10.6 Å². The second-order valence-electron chi connectivity index (χ2n) is 5.74. The maximum absolute atomic E-state index is 12.4. The molecule has 0 aromatic carbocycles. The highest BCUT2D eigenvalue weighted by Crippen LogP contribution is 2.27. The SMILES string of the molecule is CCC(C)N1CC(C)(C)N(C)C(CCN)C1=O. The van der Waals surface area contributed by atoms with Crippen LogP contribution >= 0.6 is 0 Å². The van der Waals surface area contributed by atoms with Gasteiger partial charge in [0.2, 0.25) is 5.91 Å². The molecular weight excluding hydrogens is 214 g/mol. The van der Waals surface area contributed by atoms with E-state index in [0.717, 1.165) is 19.4 Å². The predicted octanol–water partition coefficient (Wildman–Crippen LogP) is 1.05. The van der Waals surface area contributed by atoms with Crippen LogP contribution in [0.3, 0.4) is 0 Å². The van der Waals surface area contributed by atoms with Gasteiger partial charge in [-0.1, -0.05) is 6.92 Å². The quantitative estimate of drug-likeness (QED) is 0.800. The van der Waals surface area contributed by atoms with Gasteiger partial charge in [0.1, 0.15) is 0 Å². The van der Waals surface area contributed by atoms with Crippen LogP contribution in [0.1, 0.15) is 40.5 Å². The van der Waals surface area contributed by atoms with Crippen LogP contribution in [0.5, 0.6) is 0 Å². The summed E-state index contributed by atoms with van der Waals surface area (Å²) in [5.74, 6) is 0.242. The van der Waals surface area contributed by atoms with Crippen LogP contribution in [-0.2, 0) is 4.79 Å². The number of piperazine rings is 1. The molecule has 0 aliphatic carbocycles. The third kappa shape index (κ3) is 2.80. The number of nitrogens with zero attached hydrogens (tertiary/aromatic N) is 2. The second-order valence-corrected chi connectivity index (χ2v) is 5.74. The minimum atomic E-state index is -0.0576. The van der Waals surface area contributed by atoms with Crippen LogP contribution in [0.25, 0.3) is 0 Å². The highest BCUT2D eigenvalue weighted by molar-refractivity contribution is 5.83. The molecule has 0 saturated carbocycles. The summed E-state index contributed by atoms with van der Waals surface area (Å²) in [7, 11) is 2.03. The topological polar surface area (TPSA) is 49.6 Å².